The lowest BCUT2D eigenvalue weighted by Gasteiger charge is -2.25. The molecule has 0 unspecified atom stereocenters. The molecule has 0 N–H and O–H groups in total. The number of cyclic esters (lactones) is 1. The van der Waals surface area contributed by atoms with Gasteiger partial charge in [0.1, 0.15) is 0 Å². The largest absolute Gasteiger partial charge is 0.402 e. The van der Waals surface area contributed by atoms with Crippen LogP contribution in [0, 0.1) is 0 Å². The monoisotopic (exact) mass is 247 g/mol. The number of rotatable bonds is 2. The highest BCUT2D eigenvalue weighted by atomic mass is 16.6. The van der Waals surface area contributed by atoms with Crippen LogP contribution in [0.5, 0.6) is 0 Å². The summed E-state index contributed by atoms with van der Waals surface area (Å²) in [6.45, 7) is 0. The van der Waals surface area contributed by atoms with Crippen molar-refractivity contribution in [1.82, 2.24) is 0 Å². The number of carbonyl (C=O) groups excluding carboxylic acids is 2. The molecule has 3 rings (SSSR count). The Bertz CT molecular complexity index is 456. The number of allylic oxidation sites excluding steroid dienone is 1. The maximum absolute atomic E-state index is 12.1. The fourth-order valence-corrected chi connectivity index (χ4v) is 3.01. The molecule has 4 heteroatoms. The molecule has 0 aromatic heterocycles. The Labute approximate surface area is 106 Å². The van der Waals surface area contributed by atoms with E-state index < -0.39 is 5.54 Å². The van der Waals surface area contributed by atoms with Crippen LogP contribution in [0.1, 0.15) is 51.4 Å². The number of ether oxygens (including phenoxy) is 1. The van der Waals surface area contributed by atoms with E-state index in [1.165, 1.54) is 0 Å². The van der Waals surface area contributed by atoms with Crippen LogP contribution in [0.25, 0.3) is 0 Å². The summed E-state index contributed by atoms with van der Waals surface area (Å²) in [5.74, 6) is -0.456. The number of nitrogens with zero attached hydrogens (tertiary/aromatic N) is 1. The van der Waals surface area contributed by atoms with Gasteiger partial charge in [-0.3, -0.25) is 4.79 Å². The molecular weight excluding hydrogens is 230 g/mol. The van der Waals surface area contributed by atoms with Gasteiger partial charge in [-0.2, -0.15) is 0 Å². The number of hydrogen-bond donors (Lipinski definition) is 0. The number of ketones is 1. The molecule has 96 valence electrons. The first-order valence-electron chi connectivity index (χ1n) is 6.77. The van der Waals surface area contributed by atoms with Crippen LogP contribution in [0.15, 0.2) is 16.6 Å². The zero-order chi connectivity index (χ0) is 12.6. The van der Waals surface area contributed by atoms with E-state index in [-0.39, 0.29) is 17.7 Å². The van der Waals surface area contributed by atoms with Crippen molar-refractivity contribution in [2.45, 2.75) is 56.9 Å². The maximum Gasteiger partial charge on any atom is 0.341 e. The normalized spacial score (nSPS) is 25.9. The Morgan fingerprint density at radius 1 is 1.22 bits per heavy atom. The van der Waals surface area contributed by atoms with E-state index in [4.69, 9.17) is 4.74 Å². The van der Waals surface area contributed by atoms with Crippen LogP contribution >= 0.6 is 0 Å². The molecule has 0 saturated heterocycles. The van der Waals surface area contributed by atoms with E-state index >= 15 is 0 Å². The molecule has 0 atom stereocenters. The lowest BCUT2D eigenvalue weighted by atomic mass is 9.83. The quantitative estimate of drug-likeness (QED) is 0.704. The van der Waals surface area contributed by atoms with Crippen LogP contribution in [0.2, 0.25) is 0 Å². The van der Waals surface area contributed by atoms with Crippen molar-refractivity contribution in [3.8, 4) is 0 Å². The van der Waals surface area contributed by atoms with Crippen LogP contribution in [0.4, 0.5) is 0 Å². The minimum atomic E-state index is -0.734. The number of hydrogen-bond acceptors (Lipinski definition) is 4. The minimum Gasteiger partial charge on any atom is -0.402 e. The molecule has 0 aromatic rings. The molecule has 0 radical (unpaired) electrons. The maximum atomic E-state index is 12.1. The minimum absolute atomic E-state index is 0.0371. The van der Waals surface area contributed by atoms with Crippen LogP contribution < -0.4 is 0 Å². The van der Waals surface area contributed by atoms with Crippen molar-refractivity contribution in [2.24, 2.45) is 4.99 Å². The average Bonchev–Trinajstić information content (AvgIpc) is 3.00. The standard InChI is InChI=1S/C14H17NO3/c16-11(10-6-2-3-7-10)12-15-14(13(17)18-12)8-4-1-5-9-14/h6H,1-5,7-9H2. The van der Waals surface area contributed by atoms with E-state index in [0.717, 1.165) is 56.9 Å². The fourth-order valence-electron chi connectivity index (χ4n) is 3.01. The molecule has 1 spiro atoms. The third-order valence-corrected chi connectivity index (χ3v) is 4.09. The average molecular weight is 247 g/mol. The molecule has 1 saturated carbocycles. The zero-order valence-corrected chi connectivity index (χ0v) is 10.4. The fraction of sp³-hybridized carbons (Fsp3) is 0.643. The Balaban J connectivity index is 1.83. The molecule has 1 heterocycles. The highest BCUT2D eigenvalue weighted by Crippen LogP contribution is 2.37. The van der Waals surface area contributed by atoms with E-state index in [1.807, 2.05) is 6.08 Å². The van der Waals surface area contributed by atoms with E-state index in [2.05, 4.69) is 4.99 Å². The topological polar surface area (TPSA) is 55.7 Å². The first-order chi connectivity index (χ1) is 8.71. The number of carbonyl (C=O) groups is 2. The first-order valence-corrected chi connectivity index (χ1v) is 6.77. The molecule has 1 aliphatic heterocycles. The molecule has 1 fully saturated rings. The lowest BCUT2D eigenvalue weighted by molar-refractivity contribution is -0.140. The van der Waals surface area contributed by atoms with Crippen molar-refractivity contribution in [3.63, 3.8) is 0 Å². The summed E-state index contributed by atoms with van der Waals surface area (Å²) in [6.07, 6.45) is 9.22. The highest BCUT2D eigenvalue weighted by Gasteiger charge is 2.48. The van der Waals surface area contributed by atoms with Gasteiger partial charge in [-0.1, -0.05) is 25.3 Å². The summed E-state index contributed by atoms with van der Waals surface area (Å²) >= 11 is 0. The van der Waals surface area contributed by atoms with Gasteiger partial charge in [-0.05, 0) is 32.1 Å². The van der Waals surface area contributed by atoms with E-state index in [9.17, 15) is 9.59 Å². The van der Waals surface area contributed by atoms with Crippen LogP contribution in [0.3, 0.4) is 0 Å². The van der Waals surface area contributed by atoms with Crippen molar-refractivity contribution in [2.75, 3.05) is 0 Å². The van der Waals surface area contributed by atoms with E-state index in [0.29, 0.717) is 0 Å². The van der Waals surface area contributed by atoms with Gasteiger partial charge in [-0.25, -0.2) is 9.79 Å². The van der Waals surface area contributed by atoms with Gasteiger partial charge in [0.2, 0.25) is 5.78 Å². The number of esters is 1. The second-order valence-corrected chi connectivity index (χ2v) is 5.35. The predicted molar refractivity (Wildman–Crippen MR) is 66.3 cm³/mol. The van der Waals surface area contributed by atoms with Crippen molar-refractivity contribution in [3.05, 3.63) is 11.6 Å². The summed E-state index contributed by atoms with van der Waals surface area (Å²) in [7, 11) is 0. The first kappa shape index (κ1) is 11.6. The summed E-state index contributed by atoms with van der Waals surface area (Å²) < 4.78 is 5.15. The van der Waals surface area contributed by atoms with Crippen molar-refractivity contribution in [1.29, 1.82) is 0 Å². The summed E-state index contributed by atoms with van der Waals surface area (Å²) in [5.41, 5.74) is 0.0250. The molecule has 2 aliphatic carbocycles. The second-order valence-electron chi connectivity index (χ2n) is 5.35. The summed E-state index contributed by atoms with van der Waals surface area (Å²) in [6, 6.07) is 0. The van der Waals surface area contributed by atoms with Gasteiger partial charge >= 0.3 is 5.97 Å². The Morgan fingerprint density at radius 3 is 2.67 bits per heavy atom. The van der Waals surface area contributed by atoms with Crippen molar-refractivity contribution >= 4 is 17.7 Å². The third-order valence-electron chi connectivity index (χ3n) is 4.09. The Hall–Kier alpha value is -1.45. The molecule has 3 aliphatic rings. The van der Waals surface area contributed by atoms with Crippen molar-refractivity contribution < 1.29 is 14.3 Å². The Kier molecular flexibility index (Phi) is 2.80. The van der Waals surface area contributed by atoms with Gasteiger partial charge in [0, 0.05) is 5.57 Å². The highest BCUT2D eigenvalue weighted by molar-refractivity contribution is 6.45. The van der Waals surface area contributed by atoms with Gasteiger partial charge in [0.25, 0.3) is 5.90 Å². The number of aliphatic imine (C=N–C) groups is 1. The van der Waals surface area contributed by atoms with E-state index in [1.54, 1.807) is 0 Å². The Morgan fingerprint density at radius 2 is 2.00 bits per heavy atom. The molecule has 18 heavy (non-hydrogen) atoms. The predicted octanol–water partition coefficient (Wildman–Crippen LogP) is 2.32. The van der Waals surface area contributed by atoms with Gasteiger partial charge in [0.05, 0.1) is 0 Å². The molecule has 0 bridgehead atoms. The van der Waals surface area contributed by atoms with Crippen LogP contribution in [-0.2, 0) is 14.3 Å². The molecular formula is C14H17NO3. The summed E-state index contributed by atoms with van der Waals surface area (Å²) in [5, 5.41) is 0. The summed E-state index contributed by atoms with van der Waals surface area (Å²) in [4.78, 5) is 28.5. The number of Topliss-reactive ketones (excluding diaryl/α,β-unsaturated/α-hetero) is 1. The zero-order valence-electron chi connectivity index (χ0n) is 10.4. The lowest BCUT2D eigenvalue weighted by Crippen LogP contribution is -2.35. The molecule has 4 nitrogen and oxygen atoms in total. The SMILES string of the molecule is O=C(C1=CCCC1)C1=NC2(CCCCC2)C(=O)O1. The van der Waals surface area contributed by atoms with Gasteiger partial charge in [0.15, 0.2) is 5.54 Å². The molecule has 0 aromatic carbocycles. The third kappa shape index (κ3) is 1.80. The van der Waals surface area contributed by atoms with Gasteiger partial charge in [-0.15, -0.1) is 0 Å². The molecule has 0 amide bonds. The second kappa shape index (κ2) is 4.34. The van der Waals surface area contributed by atoms with Crippen LogP contribution in [-0.4, -0.2) is 23.2 Å². The van der Waals surface area contributed by atoms with Gasteiger partial charge < -0.3 is 4.74 Å². The smallest absolute Gasteiger partial charge is 0.341 e.